The third kappa shape index (κ3) is 6.96. The summed E-state index contributed by atoms with van der Waals surface area (Å²) in [5.74, 6) is 0.592. The summed E-state index contributed by atoms with van der Waals surface area (Å²) in [5.41, 5.74) is 3.12. The summed E-state index contributed by atoms with van der Waals surface area (Å²) in [5, 5.41) is 10.6. The van der Waals surface area contributed by atoms with E-state index < -0.39 is 6.10 Å². The van der Waals surface area contributed by atoms with Gasteiger partial charge in [-0.3, -0.25) is 9.69 Å². The van der Waals surface area contributed by atoms with Gasteiger partial charge in [-0.05, 0) is 42.5 Å². The van der Waals surface area contributed by atoms with Crippen molar-refractivity contribution in [1.29, 1.82) is 0 Å². The molecule has 5 nitrogen and oxygen atoms in total. The van der Waals surface area contributed by atoms with E-state index in [9.17, 15) is 9.90 Å². The molecule has 0 amide bonds. The Morgan fingerprint density at radius 3 is 2.72 bits per heavy atom. The Bertz CT molecular complexity index is 756. The summed E-state index contributed by atoms with van der Waals surface area (Å²) in [7, 11) is 0. The Labute approximate surface area is 173 Å². The first kappa shape index (κ1) is 21.5. The maximum Gasteiger partial charge on any atom is 0.150 e. The van der Waals surface area contributed by atoms with Crippen LogP contribution < -0.4 is 4.74 Å². The van der Waals surface area contributed by atoms with Gasteiger partial charge in [-0.15, -0.1) is 0 Å². The highest BCUT2D eigenvalue weighted by Crippen LogP contribution is 2.17. The molecule has 5 heteroatoms. The van der Waals surface area contributed by atoms with Crippen LogP contribution in [0.25, 0.3) is 0 Å². The van der Waals surface area contributed by atoms with E-state index in [0.29, 0.717) is 17.9 Å². The van der Waals surface area contributed by atoms with E-state index >= 15 is 0 Å². The highest BCUT2D eigenvalue weighted by Gasteiger charge is 2.21. The van der Waals surface area contributed by atoms with Crippen molar-refractivity contribution in [2.75, 3.05) is 26.3 Å². The number of carbonyl (C=O) groups excluding carboxylic acids is 1. The van der Waals surface area contributed by atoms with Gasteiger partial charge in [0.25, 0.3) is 0 Å². The first-order valence-electron chi connectivity index (χ1n) is 10.4. The number of carbonyl (C=O) groups is 1. The molecule has 0 spiro atoms. The van der Waals surface area contributed by atoms with Crippen LogP contribution >= 0.6 is 0 Å². The zero-order chi connectivity index (χ0) is 20.5. The first-order chi connectivity index (χ1) is 14.2. The largest absolute Gasteiger partial charge is 0.491 e. The first-order valence-corrected chi connectivity index (χ1v) is 10.4. The van der Waals surface area contributed by atoms with E-state index in [0.717, 1.165) is 45.2 Å². The normalized spacial score (nSPS) is 17.4. The fourth-order valence-corrected chi connectivity index (χ4v) is 3.64. The highest BCUT2D eigenvalue weighted by atomic mass is 16.5. The zero-order valence-electron chi connectivity index (χ0n) is 17.1. The van der Waals surface area contributed by atoms with E-state index in [-0.39, 0.29) is 12.7 Å². The second-order valence-corrected chi connectivity index (χ2v) is 7.65. The maximum atomic E-state index is 10.9. The van der Waals surface area contributed by atoms with Crippen molar-refractivity contribution in [2.24, 2.45) is 0 Å². The standard InChI is InChI=1S/C24H31NO4/c1-2-19-8-10-20(11-9-19)14-25(16-24-7-4-12-28-24)15-22(27)18-29-23-6-3-5-21(13-23)17-26/h3,5-6,8-11,13,17,22,24,27H,2,4,7,12,14-16,18H2,1H3. The van der Waals surface area contributed by atoms with Crippen molar-refractivity contribution < 1.29 is 19.4 Å². The number of benzene rings is 2. The molecule has 1 fully saturated rings. The highest BCUT2D eigenvalue weighted by molar-refractivity contribution is 5.75. The van der Waals surface area contributed by atoms with Crippen LogP contribution in [0.4, 0.5) is 0 Å². The number of rotatable bonds is 11. The molecule has 0 aromatic heterocycles. The third-order valence-electron chi connectivity index (χ3n) is 5.23. The molecule has 2 atom stereocenters. The molecule has 3 rings (SSSR count). The molecule has 1 N–H and O–H groups in total. The lowest BCUT2D eigenvalue weighted by atomic mass is 10.1. The minimum atomic E-state index is -0.633. The number of ether oxygens (including phenoxy) is 2. The molecule has 2 aromatic rings. The monoisotopic (exact) mass is 397 g/mol. The van der Waals surface area contributed by atoms with Crippen molar-refractivity contribution in [3.8, 4) is 5.75 Å². The molecule has 1 saturated heterocycles. The molecule has 0 bridgehead atoms. The number of nitrogens with zero attached hydrogens (tertiary/aromatic N) is 1. The molecule has 1 aliphatic rings. The van der Waals surface area contributed by atoms with Gasteiger partial charge in [0.1, 0.15) is 24.7 Å². The van der Waals surface area contributed by atoms with E-state index in [1.165, 1.54) is 11.1 Å². The molecular weight excluding hydrogens is 366 g/mol. The molecule has 0 saturated carbocycles. The van der Waals surface area contributed by atoms with Gasteiger partial charge in [-0.2, -0.15) is 0 Å². The van der Waals surface area contributed by atoms with Crippen molar-refractivity contribution in [3.05, 3.63) is 65.2 Å². The molecule has 1 heterocycles. The predicted octanol–water partition coefficient (Wildman–Crippen LogP) is 3.48. The van der Waals surface area contributed by atoms with Gasteiger partial charge in [0, 0.05) is 31.8 Å². The lowest BCUT2D eigenvalue weighted by molar-refractivity contribution is 0.0313. The van der Waals surface area contributed by atoms with Crippen molar-refractivity contribution in [3.63, 3.8) is 0 Å². The lowest BCUT2D eigenvalue weighted by Gasteiger charge is -2.27. The summed E-state index contributed by atoms with van der Waals surface area (Å²) in [6.07, 6.45) is 3.57. The second kappa shape index (κ2) is 11.1. The van der Waals surface area contributed by atoms with E-state index in [1.54, 1.807) is 24.3 Å². The van der Waals surface area contributed by atoms with Crippen molar-refractivity contribution in [1.82, 2.24) is 4.90 Å². The molecule has 0 aliphatic carbocycles. The Morgan fingerprint density at radius 1 is 1.24 bits per heavy atom. The van der Waals surface area contributed by atoms with Gasteiger partial charge >= 0.3 is 0 Å². The minimum Gasteiger partial charge on any atom is -0.491 e. The Balaban J connectivity index is 1.57. The van der Waals surface area contributed by atoms with Crippen LogP contribution in [0.5, 0.6) is 5.75 Å². The van der Waals surface area contributed by atoms with Gasteiger partial charge in [0.05, 0.1) is 6.10 Å². The average molecular weight is 398 g/mol. The summed E-state index contributed by atoms with van der Waals surface area (Å²) in [6.45, 7) is 5.22. The number of aliphatic hydroxyl groups excluding tert-OH is 1. The van der Waals surface area contributed by atoms with Gasteiger partial charge < -0.3 is 14.6 Å². The average Bonchev–Trinajstić information content (AvgIpc) is 3.26. The van der Waals surface area contributed by atoms with E-state index in [2.05, 4.69) is 36.1 Å². The molecule has 2 aromatic carbocycles. The van der Waals surface area contributed by atoms with Gasteiger partial charge in [0.15, 0.2) is 0 Å². The molecular formula is C24H31NO4. The summed E-state index contributed by atoms with van der Waals surface area (Å²) >= 11 is 0. The number of aryl methyl sites for hydroxylation is 1. The van der Waals surface area contributed by atoms with E-state index in [1.807, 2.05) is 0 Å². The SMILES string of the molecule is CCc1ccc(CN(CC(O)COc2cccc(C=O)c2)CC2CCCO2)cc1. The Kier molecular flexibility index (Phi) is 8.23. The van der Waals surface area contributed by atoms with Crippen LogP contribution in [0.1, 0.15) is 41.3 Å². The fourth-order valence-electron chi connectivity index (χ4n) is 3.64. The summed E-state index contributed by atoms with van der Waals surface area (Å²) in [4.78, 5) is 13.1. The topological polar surface area (TPSA) is 59.0 Å². The smallest absolute Gasteiger partial charge is 0.150 e. The van der Waals surface area contributed by atoms with Gasteiger partial charge in [0.2, 0.25) is 0 Å². The number of hydrogen-bond acceptors (Lipinski definition) is 5. The van der Waals surface area contributed by atoms with E-state index in [4.69, 9.17) is 9.47 Å². The number of aldehydes is 1. The van der Waals surface area contributed by atoms with Crippen LogP contribution in [-0.2, 0) is 17.7 Å². The van der Waals surface area contributed by atoms with Crippen LogP contribution in [0, 0.1) is 0 Å². The fraction of sp³-hybridized carbons (Fsp3) is 0.458. The number of hydrogen-bond donors (Lipinski definition) is 1. The van der Waals surface area contributed by atoms with Crippen LogP contribution in [0.3, 0.4) is 0 Å². The molecule has 0 radical (unpaired) electrons. The minimum absolute atomic E-state index is 0.180. The Hall–Kier alpha value is -2.21. The van der Waals surface area contributed by atoms with Crippen LogP contribution in [0.2, 0.25) is 0 Å². The molecule has 2 unspecified atom stereocenters. The summed E-state index contributed by atoms with van der Waals surface area (Å²) in [6, 6.07) is 15.6. The molecule has 1 aliphatic heterocycles. The predicted molar refractivity (Wildman–Crippen MR) is 113 cm³/mol. The van der Waals surface area contributed by atoms with Gasteiger partial charge in [-0.1, -0.05) is 43.3 Å². The van der Waals surface area contributed by atoms with Crippen LogP contribution in [-0.4, -0.2) is 54.8 Å². The van der Waals surface area contributed by atoms with Crippen molar-refractivity contribution in [2.45, 2.75) is 44.9 Å². The van der Waals surface area contributed by atoms with Crippen molar-refractivity contribution >= 4 is 6.29 Å². The lowest BCUT2D eigenvalue weighted by Crippen LogP contribution is -2.39. The molecule has 29 heavy (non-hydrogen) atoms. The van der Waals surface area contributed by atoms with Gasteiger partial charge in [-0.25, -0.2) is 0 Å². The third-order valence-corrected chi connectivity index (χ3v) is 5.23. The Morgan fingerprint density at radius 2 is 2.03 bits per heavy atom. The zero-order valence-corrected chi connectivity index (χ0v) is 17.1. The quantitative estimate of drug-likeness (QED) is 0.588. The number of aliphatic hydroxyl groups is 1. The maximum absolute atomic E-state index is 10.9. The second-order valence-electron chi connectivity index (χ2n) is 7.65. The molecule has 156 valence electrons. The van der Waals surface area contributed by atoms with Crippen LogP contribution in [0.15, 0.2) is 48.5 Å². The summed E-state index contributed by atoms with van der Waals surface area (Å²) < 4.78 is 11.5.